The van der Waals surface area contributed by atoms with Crippen LogP contribution in [0.25, 0.3) is 10.4 Å². The molecule has 272 valence electrons. The van der Waals surface area contributed by atoms with Gasteiger partial charge in [0.05, 0.1) is 13.2 Å². The van der Waals surface area contributed by atoms with E-state index in [4.69, 9.17) is 10.3 Å². The Balaban J connectivity index is -0.0000000798. The fourth-order valence-corrected chi connectivity index (χ4v) is 1.68. The van der Waals surface area contributed by atoms with E-state index in [1.165, 1.54) is 12.0 Å². The lowest BCUT2D eigenvalue weighted by atomic mass is 9.93. The molecule has 45 heavy (non-hydrogen) atoms. The van der Waals surface area contributed by atoms with E-state index in [2.05, 4.69) is 153 Å². The largest absolute Gasteiger partial charge is 0.376 e. The van der Waals surface area contributed by atoms with E-state index < -0.39 is 0 Å². The highest BCUT2D eigenvalue weighted by Gasteiger charge is 2.09. The number of rotatable bonds is 6. The molecule has 0 radical (unpaired) electrons. The minimum Gasteiger partial charge on any atom is -0.376 e. The summed E-state index contributed by atoms with van der Waals surface area (Å²) in [7, 11) is 0. The highest BCUT2D eigenvalue weighted by molar-refractivity contribution is 5.13. The molecule has 0 saturated carbocycles. The van der Waals surface area contributed by atoms with Gasteiger partial charge in [-0.05, 0) is 50.5 Å². The lowest BCUT2D eigenvalue weighted by molar-refractivity contribution is 0.0599. The Morgan fingerprint density at radius 3 is 1.27 bits per heavy atom. The zero-order valence-electron chi connectivity index (χ0n) is 33.0. The number of benzene rings is 1. The third-order valence-electron chi connectivity index (χ3n) is 3.97. The predicted molar refractivity (Wildman–Crippen MR) is 212 cm³/mol. The molecule has 4 nitrogen and oxygen atoms in total. The smallest absolute Gasteiger partial charge is 0.0717 e. The molecule has 1 aromatic carbocycles. The molecule has 0 atom stereocenters. The van der Waals surface area contributed by atoms with Crippen molar-refractivity contribution in [2.24, 2.45) is 38.1 Å². The summed E-state index contributed by atoms with van der Waals surface area (Å²) >= 11 is 0. The van der Waals surface area contributed by atoms with Crippen molar-refractivity contribution in [3.05, 3.63) is 59.0 Å². The number of nitrogens with zero attached hydrogens (tertiary/aromatic N) is 3. The van der Waals surface area contributed by atoms with Gasteiger partial charge in [0.2, 0.25) is 0 Å². The topological polar surface area (TPSA) is 58.0 Å². The van der Waals surface area contributed by atoms with Gasteiger partial charge in [-0.15, -0.1) is 6.58 Å². The third kappa shape index (κ3) is 116. The molecule has 0 amide bonds. The maximum absolute atomic E-state index is 7.77. The average molecular weight is 638 g/mol. The molecular weight excluding hydrogens is 550 g/mol. The molecular formula is C41H87N3O. The SMILES string of the molecule is C.C.C=CCC(C)(C)C.CC(C)(C)C.CC(C)(C)C.CC(C)(C)COCc1ccccc1.CC(C)CN=[N+]=[N-].CCC(C)(C)C. The molecule has 4 heteroatoms. The van der Waals surface area contributed by atoms with Crippen LogP contribution in [0.1, 0.15) is 172 Å². The lowest BCUT2D eigenvalue weighted by Crippen LogP contribution is -2.14. The normalized spacial score (nSPS) is 10.7. The molecule has 0 aromatic heterocycles. The van der Waals surface area contributed by atoms with Gasteiger partial charge >= 0.3 is 0 Å². The minimum absolute atomic E-state index is 0. The van der Waals surface area contributed by atoms with E-state index in [9.17, 15) is 0 Å². The van der Waals surface area contributed by atoms with Crippen molar-refractivity contribution in [1.29, 1.82) is 0 Å². The first-order valence-electron chi connectivity index (χ1n) is 16.2. The Morgan fingerprint density at radius 1 is 0.733 bits per heavy atom. The average Bonchev–Trinajstić information content (AvgIpc) is 2.75. The lowest BCUT2D eigenvalue weighted by Gasteiger charge is -2.17. The van der Waals surface area contributed by atoms with Gasteiger partial charge in [0.1, 0.15) is 0 Å². The summed E-state index contributed by atoms with van der Waals surface area (Å²) in [4.78, 5) is 2.60. The molecule has 0 N–H and O–H groups in total. The van der Waals surface area contributed by atoms with Crippen molar-refractivity contribution in [2.75, 3.05) is 13.2 Å². The fourth-order valence-electron chi connectivity index (χ4n) is 1.68. The van der Waals surface area contributed by atoms with Gasteiger partial charge in [0.15, 0.2) is 0 Å². The molecule has 0 aliphatic heterocycles. The molecule has 0 aliphatic rings. The van der Waals surface area contributed by atoms with E-state index in [-0.39, 0.29) is 20.3 Å². The molecule has 0 saturated heterocycles. The summed E-state index contributed by atoms with van der Waals surface area (Å²) in [6.45, 7) is 49.4. The Hall–Kier alpha value is -1.77. The summed E-state index contributed by atoms with van der Waals surface area (Å²) in [5.41, 5.74) is 11.2. The van der Waals surface area contributed by atoms with Crippen LogP contribution in [0, 0.1) is 33.0 Å². The van der Waals surface area contributed by atoms with Crippen molar-refractivity contribution in [1.82, 2.24) is 0 Å². The van der Waals surface area contributed by atoms with Crippen LogP contribution in [0.15, 0.2) is 48.1 Å². The Kier molecular flexibility index (Phi) is 40.3. The third-order valence-corrected chi connectivity index (χ3v) is 3.97. The standard InChI is InChI=1S/C12H18O.C7H14.C6H14.2C5H12.C4H9N3.2CH4/c1-12(2,3)10-13-9-11-7-5-4-6-8-11;1-5-6-7(2,3)4;1-5-6(2,3)4;2*1-5(2,3)4;1-4(2)3-6-7-5;;/h4-8H,9-10H2,1-3H3;5H,1,6H2,2-4H3;5H2,1-4H3;2*1-4H3;4H,3H2,1-2H3;2*1H4. The van der Waals surface area contributed by atoms with Gasteiger partial charge in [0, 0.05) is 11.5 Å². The van der Waals surface area contributed by atoms with E-state index in [0.29, 0.717) is 34.1 Å². The van der Waals surface area contributed by atoms with Crippen LogP contribution in [0.3, 0.4) is 0 Å². The summed E-state index contributed by atoms with van der Waals surface area (Å²) in [6, 6.07) is 10.3. The van der Waals surface area contributed by atoms with Crippen LogP contribution in [-0.4, -0.2) is 13.2 Å². The second-order valence-corrected chi connectivity index (χ2v) is 18.3. The fraction of sp³-hybridized carbons (Fsp3) is 0.805. The van der Waals surface area contributed by atoms with Gasteiger partial charge in [-0.1, -0.05) is 201 Å². The summed E-state index contributed by atoms with van der Waals surface area (Å²) < 4.78 is 5.58. The van der Waals surface area contributed by atoms with Gasteiger partial charge in [-0.25, -0.2) is 0 Å². The molecule has 0 aliphatic carbocycles. The number of hydrogen-bond donors (Lipinski definition) is 0. The van der Waals surface area contributed by atoms with Gasteiger partial charge < -0.3 is 4.74 Å². The van der Waals surface area contributed by atoms with Crippen molar-refractivity contribution in [2.45, 2.75) is 173 Å². The van der Waals surface area contributed by atoms with E-state index in [1.54, 1.807) is 0 Å². The second kappa shape index (κ2) is 30.9. The van der Waals surface area contributed by atoms with Crippen molar-refractivity contribution < 1.29 is 4.74 Å². The molecule has 0 unspecified atom stereocenters. The summed E-state index contributed by atoms with van der Waals surface area (Å²) in [5, 5.41) is 3.35. The zero-order valence-corrected chi connectivity index (χ0v) is 33.0. The van der Waals surface area contributed by atoms with Gasteiger partial charge in [-0.3, -0.25) is 0 Å². The maximum Gasteiger partial charge on any atom is 0.0717 e. The van der Waals surface area contributed by atoms with Crippen LogP contribution >= 0.6 is 0 Å². The number of hydrogen-bond acceptors (Lipinski definition) is 2. The first kappa shape index (κ1) is 58.7. The maximum atomic E-state index is 7.77. The van der Waals surface area contributed by atoms with Crippen molar-refractivity contribution in [3.63, 3.8) is 0 Å². The summed E-state index contributed by atoms with van der Waals surface area (Å²) in [6.07, 6.45) is 4.33. The van der Waals surface area contributed by atoms with Crippen LogP contribution in [0.4, 0.5) is 0 Å². The Morgan fingerprint density at radius 2 is 1.09 bits per heavy atom. The van der Waals surface area contributed by atoms with Crippen LogP contribution in [0.5, 0.6) is 0 Å². The molecule has 0 spiro atoms. The van der Waals surface area contributed by atoms with Gasteiger partial charge in [0.25, 0.3) is 0 Å². The highest BCUT2D eigenvalue weighted by atomic mass is 16.5. The second-order valence-electron chi connectivity index (χ2n) is 18.3. The Labute approximate surface area is 287 Å². The van der Waals surface area contributed by atoms with Crippen molar-refractivity contribution >= 4 is 0 Å². The number of ether oxygens (including phenoxy) is 1. The Bertz CT molecular complexity index is 748. The number of azide groups is 1. The molecule has 1 aromatic rings. The molecule has 0 bridgehead atoms. The van der Waals surface area contributed by atoms with E-state index in [0.717, 1.165) is 19.6 Å². The predicted octanol–water partition coefficient (Wildman–Crippen LogP) is 15.6. The zero-order chi connectivity index (χ0) is 35.6. The van der Waals surface area contributed by atoms with E-state index in [1.807, 2.05) is 38.1 Å². The number of allylic oxidation sites excluding steroid dienone is 1. The first-order valence-corrected chi connectivity index (χ1v) is 16.2. The highest BCUT2D eigenvalue weighted by Crippen LogP contribution is 2.18. The van der Waals surface area contributed by atoms with Gasteiger partial charge in [-0.2, -0.15) is 0 Å². The minimum atomic E-state index is 0. The van der Waals surface area contributed by atoms with Crippen molar-refractivity contribution in [3.8, 4) is 0 Å². The van der Waals surface area contributed by atoms with Crippen LogP contribution < -0.4 is 0 Å². The molecule has 1 rings (SSSR count). The van der Waals surface area contributed by atoms with Crippen LogP contribution in [-0.2, 0) is 11.3 Å². The quantitative estimate of drug-likeness (QED) is 0.132. The monoisotopic (exact) mass is 638 g/mol. The first-order chi connectivity index (χ1) is 19.0. The summed E-state index contributed by atoms with van der Waals surface area (Å²) in [5.74, 6) is 0.482. The van der Waals surface area contributed by atoms with E-state index >= 15 is 0 Å². The van der Waals surface area contributed by atoms with Crippen LogP contribution in [0.2, 0.25) is 0 Å². The molecule has 0 fully saturated rings. The molecule has 0 heterocycles.